The van der Waals surface area contributed by atoms with E-state index in [-0.39, 0.29) is 17.7 Å². The van der Waals surface area contributed by atoms with Gasteiger partial charge in [0.2, 0.25) is 5.91 Å². The fourth-order valence-corrected chi connectivity index (χ4v) is 5.83. The number of hydrogen-bond donors (Lipinski definition) is 0. The van der Waals surface area contributed by atoms with Gasteiger partial charge in [0.1, 0.15) is 4.21 Å². The molecule has 2 atom stereocenters. The third kappa shape index (κ3) is 2.80. The standard InChI is InChI=1S/C14H21N3O3S2/c1-15(2)5-6-16-8-11-9-17(10-12(11)14(16)18)22(19,20)13-4-3-7-21-13/h3-4,7,11-12H,5-6,8-10H2,1-2H3/t11-,12+/m1/s1. The van der Waals surface area contributed by atoms with Crippen molar-refractivity contribution in [3.8, 4) is 0 Å². The van der Waals surface area contributed by atoms with Gasteiger partial charge in [-0.1, -0.05) is 6.07 Å². The topological polar surface area (TPSA) is 60.9 Å². The summed E-state index contributed by atoms with van der Waals surface area (Å²) >= 11 is 1.23. The van der Waals surface area contributed by atoms with Crippen LogP contribution in [0.1, 0.15) is 0 Å². The Morgan fingerprint density at radius 3 is 2.68 bits per heavy atom. The Bertz CT molecular complexity index is 642. The number of fused-ring (bicyclic) bond motifs is 1. The van der Waals surface area contributed by atoms with Gasteiger partial charge >= 0.3 is 0 Å². The largest absolute Gasteiger partial charge is 0.341 e. The van der Waals surface area contributed by atoms with Crippen molar-refractivity contribution in [1.29, 1.82) is 0 Å². The number of carbonyl (C=O) groups excluding carboxylic acids is 1. The van der Waals surface area contributed by atoms with Crippen LogP contribution in [0.5, 0.6) is 0 Å². The van der Waals surface area contributed by atoms with Gasteiger partial charge in [-0.05, 0) is 25.5 Å². The monoisotopic (exact) mass is 343 g/mol. The van der Waals surface area contributed by atoms with Crippen LogP contribution in [0.25, 0.3) is 0 Å². The fraction of sp³-hybridized carbons (Fsp3) is 0.643. The van der Waals surface area contributed by atoms with Crippen LogP contribution in [0.3, 0.4) is 0 Å². The van der Waals surface area contributed by atoms with Crippen LogP contribution in [0.2, 0.25) is 0 Å². The molecule has 2 aliphatic heterocycles. The first-order valence-corrected chi connectivity index (χ1v) is 9.68. The number of carbonyl (C=O) groups is 1. The van der Waals surface area contributed by atoms with Gasteiger partial charge in [-0.3, -0.25) is 4.79 Å². The molecule has 0 bridgehead atoms. The molecule has 0 unspecified atom stereocenters. The maximum absolute atomic E-state index is 12.5. The molecule has 1 aromatic rings. The second kappa shape index (κ2) is 5.92. The normalized spacial score (nSPS) is 26.1. The third-order valence-electron chi connectivity index (χ3n) is 4.40. The molecule has 122 valence electrons. The molecule has 2 aliphatic rings. The summed E-state index contributed by atoms with van der Waals surface area (Å²) in [5.74, 6) is 0.0667. The first kappa shape index (κ1) is 15.9. The van der Waals surface area contributed by atoms with Crippen molar-refractivity contribution in [2.75, 3.05) is 46.8 Å². The predicted molar refractivity (Wildman–Crippen MR) is 85.2 cm³/mol. The average molecular weight is 343 g/mol. The number of likely N-dealkylation sites (tertiary alicyclic amines) is 1. The lowest BCUT2D eigenvalue weighted by Crippen LogP contribution is -2.38. The van der Waals surface area contributed by atoms with Gasteiger partial charge in [0.05, 0.1) is 5.92 Å². The molecule has 6 nitrogen and oxygen atoms in total. The second-order valence-electron chi connectivity index (χ2n) is 6.21. The lowest BCUT2D eigenvalue weighted by atomic mass is 10.0. The number of nitrogens with zero attached hydrogens (tertiary/aromatic N) is 3. The molecule has 0 spiro atoms. The van der Waals surface area contributed by atoms with Crippen molar-refractivity contribution in [2.45, 2.75) is 4.21 Å². The van der Waals surface area contributed by atoms with Crippen molar-refractivity contribution < 1.29 is 13.2 Å². The molecule has 1 aromatic heterocycles. The van der Waals surface area contributed by atoms with E-state index in [2.05, 4.69) is 4.90 Å². The summed E-state index contributed by atoms with van der Waals surface area (Å²) in [5, 5.41) is 1.76. The number of sulfonamides is 1. The highest BCUT2D eigenvalue weighted by atomic mass is 32.2. The minimum atomic E-state index is -3.43. The summed E-state index contributed by atoms with van der Waals surface area (Å²) in [7, 11) is 0.535. The van der Waals surface area contributed by atoms with Crippen LogP contribution < -0.4 is 0 Å². The average Bonchev–Trinajstić information content (AvgIpc) is 3.14. The maximum atomic E-state index is 12.5. The lowest BCUT2D eigenvalue weighted by Gasteiger charge is -2.22. The molecule has 1 amide bonds. The summed E-state index contributed by atoms with van der Waals surface area (Å²) in [6, 6.07) is 3.36. The Hall–Kier alpha value is -0.960. The first-order chi connectivity index (χ1) is 10.4. The van der Waals surface area contributed by atoms with E-state index in [9.17, 15) is 13.2 Å². The highest BCUT2D eigenvalue weighted by molar-refractivity contribution is 7.91. The van der Waals surface area contributed by atoms with Crippen molar-refractivity contribution in [3.05, 3.63) is 17.5 Å². The van der Waals surface area contributed by atoms with Crippen LogP contribution in [-0.2, 0) is 14.8 Å². The molecule has 3 rings (SSSR count). The summed E-state index contributed by atoms with van der Waals surface area (Å²) in [5.41, 5.74) is 0. The Labute approximate surface area is 135 Å². The van der Waals surface area contributed by atoms with Gasteiger partial charge in [-0.25, -0.2) is 8.42 Å². The number of hydrogen-bond acceptors (Lipinski definition) is 5. The molecule has 3 heterocycles. The zero-order chi connectivity index (χ0) is 15.9. The van der Waals surface area contributed by atoms with Gasteiger partial charge in [-0.2, -0.15) is 4.31 Å². The smallest absolute Gasteiger partial charge is 0.252 e. The minimum Gasteiger partial charge on any atom is -0.341 e. The minimum absolute atomic E-state index is 0.107. The zero-order valence-electron chi connectivity index (χ0n) is 12.8. The molecule has 0 N–H and O–H groups in total. The Kier molecular flexibility index (Phi) is 4.28. The Morgan fingerprint density at radius 1 is 1.32 bits per heavy atom. The van der Waals surface area contributed by atoms with E-state index in [0.29, 0.717) is 23.8 Å². The van der Waals surface area contributed by atoms with Crippen molar-refractivity contribution >= 4 is 27.3 Å². The summed E-state index contributed by atoms with van der Waals surface area (Å²) < 4.78 is 26.9. The molecule has 8 heteroatoms. The Morgan fingerprint density at radius 2 is 2.09 bits per heavy atom. The highest BCUT2D eigenvalue weighted by Crippen LogP contribution is 2.35. The van der Waals surface area contributed by atoms with Gasteiger partial charge < -0.3 is 9.80 Å². The highest BCUT2D eigenvalue weighted by Gasteiger charge is 2.49. The number of thiophene rings is 1. The van der Waals surface area contributed by atoms with Gasteiger partial charge in [0.15, 0.2) is 0 Å². The molecular formula is C14H21N3O3S2. The van der Waals surface area contributed by atoms with E-state index in [1.165, 1.54) is 15.6 Å². The van der Waals surface area contributed by atoms with Crippen LogP contribution >= 0.6 is 11.3 Å². The first-order valence-electron chi connectivity index (χ1n) is 7.37. The van der Waals surface area contributed by atoms with Crippen molar-refractivity contribution in [3.63, 3.8) is 0 Å². The Balaban J connectivity index is 1.67. The fourth-order valence-electron chi connectivity index (χ4n) is 3.16. The number of likely N-dealkylation sites (N-methyl/N-ethyl adjacent to an activating group) is 1. The van der Waals surface area contributed by atoms with Crippen molar-refractivity contribution in [1.82, 2.24) is 14.1 Å². The quantitative estimate of drug-likeness (QED) is 0.776. The van der Waals surface area contributed by atoms with E-state index in [0.717, 1.165) is 13.1 Å². The van der Waals surface area contributed by atoms with E-state index in [4.69, 9.17) is 0 Å². The van der Waals surface area contributed by atoms with Crippen molar-refractivity contribution in [2.24, 2.45) is 11.8 Å². The number of rotatable bonds is 5. The van der Waals surface area contributed by atoms with Gasteiger partial charge in [-0.15, -0.1) is 11.3 Å². The predicted octanol–water partition coefficient (Wildman–Crippen LogP) is 0.389. The maximum Gasteiger partial charge on any atom is 0.252 e. The van der Waals surface area contributed by atoms with Crippen LogP contribution in [0.15, 0.2) is 21.7 Å². The summed E-state index contributed by atoms with van der Waals surface area (Å²) in [6.07, 6.45) is 0. The van der Waals surface area contributed by atoms with Crippen LogP contribution in [0.4, 0.5) is 0 Å². The molecular weight excluding hydrogens is 322 g/mol. The summed E-state index contributed by atoms with van der Waals surface area (Å²) in [6.45, 7) is 3.00. The molecule has 2 fully saturated rings. The molecule has 0 aromatic carbocycles. The SMILES string of the molecule is CN(C)CCN1C[C@@H]2CN(S(=O)(=O)c3cccs3)C[C@@H]2C1=O. The molecule has 22 heavy (non-hydrogen) atoms. The third-order valence-corrected chi connectivity index (χ3v) is 7.60. The molecule has 0 radical (unpaired) electrons. The number of amides is 1. The zero-order valence-corrected chi connectivity index (χ0v) is 14.4. The van der Waals surface area contributed by atoms with Crippen LogP contribution in [0, 0.1) is 11.8 Å². The van der Waals surface area contributed by atoms with Crippen LogP contribution in [-0.4, -0.2) is 75.2 Å². The van der Waals surface area contributed by atoms with E-state index < -0.39 is 10.0 Å². The lowest BCUT2D eigenvalue weighted by molar-refractivity contribution is -0.131. The van der Waals surface area contributed by atoms with E-state index in [1.54, 1.807) is 17.5 Å². The van der Waals surface area contributed by atoms with Gasteiger partial charge in [0.25, 0.3) is 10.0 Å². The van der Waals surface area contributed by atoms with Gasteiger partial charge in [0, 0.05) is 38.6 Å². The molecule has 2 saturated heterocycles. The second-order valence-corrected chi connectivity index (χ2v) is 9.32. The molecule has 0 aliphatic carbocycles. The summed E-state index contributed by atoms with van der Waals surface area (Å²) in [4.78, 5) is 16.4. The molecule has 0 saturated carbocycles. The van der Waals surface area contributed by atoms with E-state index in [1.807, 2.05) is 19.0 Å². The van der Waals surface area contributed by atoms with E-state index >= 15 is 0 Å².